The van der Waals surface area contributed by atoms with Crippen LogP contribution in [0.4, 0.5) is 8.78 Å². The molecular weight excluding hydrogens is 363 g/mol. The minimum Gasteiger partial charge on any atom is -0.450 e. The molecule has 2 rings (SSSR count). The fourth-order valence-electron chi connectivity index (χ4n) is 1.49. The Hall–Kier alpha value is -1.14. The molecule has 0 saturated carbocycles. The minimum absolute atomic E-state index is 0.0352. The first-order valence-corrected chi connectivity index (χ1v) is 6.95. The van der Waals surface area contributed by atoms with E-state index in [0.717, 1.165) is 12.1 Å². The zero-order valence-corrected chi connectivity index (χ0v) is 13.2. The van der Waals surface area contributed by atoms with Crippen LogP contribution in [0, 0.1) is 11.6 Å². The Kier molecular flexibility index (Phi) is 4.88. The van der Waals surface area contributed by atoms with Gasteiger partial charge in [0.25, 0.3) is 0 Å². The highest BCUT2D eigenvalue weighted by atomic mass is 35.5. The highest BCUT2D eigenvalue weighted by Gasteiger charge is 2.17. The molecule has 0 spiro atoms. The van der Waals surface area contributed by atoms with Gasteiger partial charge >= 0.3 is 0 Å². The third-order valence-electron chi connectivity index (χ3n) is 2.47. The van der Waals surface area contributed by atoms with Gasteiger partial charge in [0.1, 0.15) is 10.7 Å². The first kappa shape index (κ1) is 16.2. The predicted molar refractivity (Wildman–Crippen MR) is 83.8 cm³/mol. The van der Waals surface area contributed by atoms with Gasteiger partial charge in [0.05, 0.1) is 15.1 Å². The van der Waals surface area contributed by atoms with Crippen LogP contribution in [-0.2, 0) is 0 Å². The van der Waals surface area contributed by atoms with Crippen molar-refractivity contribution in [2.75, 3.05) is 0 Å². The van der Waals surface area contributed by atoms with Crippen LogP contribution in [0.25, 0.3) is 0 Å². The van der Waals surface area contributed by atoms with Gasteiger partial charge in [-0.1, -0.05) is 47.0 Å². The Bertz CT molecular complexity index is 717. The molecule has 0 aliphatic rings. The van der Waals surface area contributed by atoms with E-state index in [0.29, 0.717) is 0 Å². The van der Waals surface area contributed by atoms with E-state index >= 15 is 0 Å². The Morgan fingerprint density at radius 1 is 0.952 bits per heavy atom. The first-order valence-electron chi connectivity index (χ1n) is 5.41. The summed E-state index contributed by atoms with van der Waals surface area (Å²) < 4.78 is 32.9. The zero-order chi connectivity index (χ0) is 15.7. The van der Waals surface area contributed by atoms with E-state index in [9.17, 15) is 8.78 Å². The SMILES string of the molecule is NC(=S)c1cc(F)c(Oc2cc(Cl)c(Cl)cc2Cl)c(F)c1. The second-order valence-electron chi connectivity index (χ2n) is 3.93. The minimum atomic E-state index is -0.972. The summed E-state index contributed by atoms with van der Waals surface area (Å²) in [5, 5.41) is 0.386. The fraction of sp³-hybridized carbons (Fsp3) is 0. The topological polar surface area (TPSA) is 35.2 Å². The van der Waals surface area contributed by atoms with Gasteiger partial charge in [-0.15, -0.1) is 0 Å². The Labute approximate surface area is 139 Å². The maximum Gasteiger partial charge on any atom is 0.198 e. The maximum atomic E-state index is 13.9. The van der Waals surface area contributed by atoms with Crippen LogP contribution >= 0.6 is 47.0 Å². The molecule has 0 heterocycles. The van der Waals surface area contributed by atoms with Crippen molar-refractivity contribution in [1.29, 1.82) is 0 Å². The van der Waals surface area contributed by atoms with Gasteiger partial charge in [-0.3, -0.25) is 0 Å². The second-order valence-corrected chi connectivity index (χ2v) is 5.59. The molecular formula is C13H6Cl3F2NOS. The Morgan fingerprint density at radius 3 is 2.00 bits per heavy atom. The summed E-state index contributed by atoms with van der Waals surface area (Å²) >= 11 is 22.1. The number of hydrogen-bond donors (Lipinski definition) is 1. The molecule has 0 aliphatic carbocycles. The quantitative estimate of drug-likeness (QED) is 0.586. The van der Waals surface area contributed by atoms with Crippen LogP contribution in [0.15, 0.2) is 24.3 Å². The first-order chi connectivity index (χ1) is 9.79. The van der Waals surface area contributed by atoms with Crippen LogP contribution in [0.1, 0.15) is 5.56 Å². The monoisotopic (exact) mass is 367 g/mol. The van der Waals surface area contributed by atoms with Gasteiger partial charge in [-0.05, 0) is 18.2 Å². The molecule has 2 aromatic carbocycles. The molecule has 8 heteroatoms. The van der Waals surface area contributed by atoms with Crippen LogP contribution < -0.4 is 10.5 Å². The number of halogens is 5. The molecule has 2 nitrogen and oxygen atoms in total. The molecule has 110 valence electrons. The molecule has 0 amide bonds. The molecule has 0 fully saturated rings. The van der Waals surface area contributed by atoms with Gasteiger partial charge in [-0.25, -0.2) is 8.78 Å². The van der Waals surface area contributed by atoms with Gasteiger partial charge < -0.3 is 10.5 Å². The number of hydrogen-bond acceptors (Lipinski definition) is 2. The van der Waals surface area contributed by atoms with E-state index in [4.69, 9.17) is 45.3 Å². The van der Waals surface area contributed by atoms with Crippen molar-refractivity contribution < 1.29 is 13.5 Å². The molecule has 21 heavy (non-hydrogen) atoms. The molecule has 0 aliphatic heterocycles. The highest BCUT2D eigenvalue weighted by Crippen LogP contribution is 2.38. The lowest BCUT2D eigenvalue weighted by Crippen LogP contribution is -2.10. The summed E-state index contributed by atoms with van der Waals surface area (Å²) in [7, 11) is 0. The predicted octanol–water partition coefficient (Wildman–Crippen LogP) is 5.35. The van der Waals surface area contributed by atoms with E-state index in [1.165, 1.54) is 12.1 Å². The zero-order valence-electron chi connectivity index (χ0n) is 10.1. The van der Waals surface area contributed by atoms with Gasteiger partial charge in [0.2, 0.25) is 0 Å². The van der Waals surface area contributed by atoms with Gasteiger partial charge in [0, 0.05) is 11.6 Å². The number of thiocarbonyl (C=S) groups is 1. The Morgan fingerprint density at radius 2 is 1.48 bits per heavy atom. The second kappa shape index (κ2) is 6.32. The lowest BCUT2D eigenvalue weighted by Gasteiger charge is -2.11. The standard InChI is InChI=1S/C13H6Cl3F2NOS/c14-6-3-8(16)11(4-7(6)15)20-12-9(17)1-5(13(19)21)2-10(12)18/h1-4H,(H2,19,21). The van der Waals surface area contributed by atoms with Crippen LogP contribution in [-0.4, -0.2) is 4.99 Å². The van der Waals surface area contributed by atoms with Gasteiger partial charge in [0.15, 0.2) is 17.4 Å². The lowest BCUT2D eigenvalue weighted by atomic mass is 10.2. The van der Waals surface area contributed by atoms with Crippen LogP contribution in [0.5, 0.6) is 11.5 Å². The average Bonchev–Trinajstić information content (AvgIpc) is 2.39. The lowest BCUT2D eigenvalue weighted by molar-refractivity contribution is 0.407. The molecule has 0 atom stereocenters. The summed E-state index contributed by atoms with van der Waals surface area (Å²) in [4.78, 5) is -0.132. The highest BCUT2D eigenvalue weighted by molar-refractivity contribution is 7.80. The molecule has 0 bridgehead atoms. The van der Waals surface area contributed by atoms with Crippen molar-refractivity contribution in [3.05, 3.63) is 56.5 Å². The van der Waals surface area contributed by atoms with Crippen molar-refractivity contribution in [2.24, 2.45) is 5.73 Å². The summed E-state index contributed by atoms with van der Waals surface area (Å²) in [6.45, 7) is 0. The van der Waals surface area contributed by atoms with E-state index in [-0.39, 0.29) is 31.4 Å². The third-order valence-corrected chi connectivity index (χ3v) is 3.72. The van der Waals surface area contributed by atoms with E-state index in [1.54, 1.807) is 0 Å². The Balaban J connectivity index is 2.45. The molecule has 0 unspecified atom stereocenters. The van der Waals surface area contributed by atoms with E-state index in [1.807, 2.05) is 0 Å². The average molecular weight is 369 g/mol. The molecule has 0 aromatic heterocycles. The summed E-state index contributed by atoms with van der Waals surface area (Å²) in [6.07, 6.45) is 0. The number of benzene rings is 2. The molecule has 0 radical (unpaired) electrons. The van der Waals surface area contributed by atoms with Crippen molar-refractivity contribution in [3.63, 3.8) is 0 Å². The number of ether oxygens (including phenoxy) is 1. The van der Waals surface area contributed by atoms with Crippen molar-refractivity contribution in [2.45, 2.75) is 0 Å². The fourth-order valence-corrected chi connectivity index (χ4v) is 2.19. The van der Waals surface area contributed by atoms with Crippen LogP contribution in [0.2, 0.25) is 15.1 Å². The summed E-state index contributed by atoms with van der Waals surface area (Å²) in [5.41, 5.74) is 5.37. The van der Waals surface area contributed by atoms with E-state index in [2.05, 4.69) is 12.2 Å². The smallest absolute Gasteiger partial charge is 0.198 e. The summed E-state index contributed by atoms with van der Waals surface area (Å²) in [6, 6.07) is 4.49. The largest absolute Gasteiger partial charge is 0.450 e. The third kappa shape index (κ3) is 3.55. The molecule has 2 aromatic rings. The maximum absolute atomic E-state index is 13.9. The van der Waals surface area contributed by atoms with Crippen LogP contribution in [0.3, 0.4) is 0 Å². The number of rotatable bonds is 3. The normalized spacial score (nSPS) is 10.5. The van der Waals surface area contributed by atoms with Crippen molar-refractivity contribution in [1.82, 2.24) is 0 Å². The number of nitrogens with two attached hydrogens (primary N) is 1. The van der Waals surface area contributed by atoms with Crippen molar-refractivity contribution >= 4 is 52.0 Å². The molecule has 2 N–H and O–H groups in total. The van der Waals surface area contributed by atoms with E-state index < -0.39 is 17.4 Å². The molecule has 0 saturated heterocycles. The van der Waals surface area contributed by atoms with Gasteiger partial charge in [-0.2, -0.15) is 0 Å². The van der Waals surface area contributed by atoms with Crippen molar-refractivity contribution in [3.8, 4) is 11.5 Å². The summed E-state index contributed by atoms with van der Waals surface area (Å²) in [5.74, 6) is -2.62.